The fraction of sp³-hybridized carbons (Fsp3) is 0.278. The summed E-state index contributed by atoms with van der Waals surface area (Å²) in [7, 11) is 0. The van der Waals surface area contributed by atoms with Crippen LogP contribution < -0.4 is 0 Å². The fourth-order valence-electron chi connectivity index (χ4n) is 2.78. The zero-order valence-electron chi connectivity index (χ0n) is 11.8. The summed E-state index contributed by atoms with van der Waals surface area (Å²) < 4.78 is 5.80. The summed E-state index contributed by atoms with van der Waals surface area (Å²) in [6.45, 7) is 6.47. The van der Waals surface area contributed by atoms with E-state index in [4.69, 9.17) is 4.42 Å². The van der Waals surface area contributed by atoms with Crippen molar-refractivity contribution in [1.82, 2.24) is 0 Å². The van der Waals surface area contributed by atoms with Gasteiger partial charge >= 0.3 is 0 Å². The summed E-state index contributed by atoms with van der Waals surface area (Å²) in [4.78, 5) is 0. The third-order valence-corrected chi connectivity index (χ3v) is 3.94. The van der Waals surface area contributed by atoms with E-state index < -0.39 is 0 Å². The van der Waals surface area contributed by atoms with E-state index >= 15 is 0 Å². The molecule has 0 fully saturated rings. The molecule has 1 aromatic carbocycles. The first-order valence-corrected chi connectivity index (χ1v) is 6.94. The monoisotopic (exact) mass is 251 g/mol. The topological polar surface area (TPSA) is 13.1 Å². The van der Waals surface area contributed by atoms with Gasteiger partial charge < -0.3 is 4.42 Å². The highest BCUT2D eigenvalue weighted by molar-refractivity contribution is 5.97. The largest absolute Gasteiger partial charge is 0.464 e. The fourth-order valence-corrected chi connectivity index (χ4v) is 2.78. The van der Waals surface area contributed by atoms with Crippen LogP contribution in [0, 0.1) is 19.8 Å². The molecule has 3 rings (SSSR count). The molecule has 1 heteroatoms. The average Bonchev–Trinajstić information content (AvgIpc) is 2.93. The summed E-state index contributed by atoms with van der Waals surface area (Å²) in [6.07, 6.45) is 6.38. The standard InChI is InChI=1S/C18H19O/c1-4-7-16-15-9-6-5-8-14(15)10-17(16)18-13(3)12(2)11-19-18/h5-6,8-11H,4,7H2,1-3H3. The molecule has 0 saturated heterocycles. The summed E-state index contributed by atoms with van der Waals surface area (Å²) in [5.41, 5.74) is 6.44. The van der Waals surface area contributed by atoms with Gasteiger partial charge in [0.05, 0.1) is 6.26 Å². The van der Waals surface area contributed by atoms with Crippen molar-refractivity contribution < 1.29 is 4.42 Å². The van der Waals surface area contributed by atoms with Gasteiger partial charge in [-0.15, -0.1) is 0 Å². The smallest absolute Gasteiger partial charge is 0.133 e. The molecule has 1 aliphatic rings. The molecule has 0 spiro atoms. The van der Waals surface area contributed by atoms with Crippen molar-refractivity contribution in [2.75, 3.05) is 0 Å². The van der Waals surface area contributed by atoms with Crippen molar-refractivity contribution >= 4 is 11.6 Å². The Balaban J connectivity index is 2.09. The molecule has 1 radical (unpaired) electrons. The van der Waals surface area contributed by atoms with E-state index in [0.29, 0.717) is 0 Å². The van der Waals surface area contributed by atoms with Crippen molar-refractivity contribution in [2.45, 2.75) is 33.6 Å². The molecule has 1 heterocycles. The maximum Gasteiger partial charge on any atom is 0.133 e. The van der Waals surface area contributed by atoms with E-state index in [0.717, 1.165) is 18.6 Å². The minimum Gasteiger partial charge on any atom is -0.464 e. The molecule has 0 N–H and O–H groups in total. The lowest BCUT2D eigenvalue weighted by Crippen LogP contribution is -1.99. The van der Waals surface area contributed by atoms with Crippen LogP contribution in [-0.2, 0) is 0 Å². The van der Waals surface area contributed by atoms with Crippen molar-refractivity contribution in [2.24, 2.45) is 0 Å². The van der Waals surface area contributed by atoms with Crippen molar-refractivity contribution in [1.29, 1.82) is 0 Å². The molecular weight excluding hydrogens is 232 g/mol. The van der Waals surface area contributed by atoms with Gasteiger partial charge in [-0.1, -0.05) is 37.6 Å². The average molecular weight is 251 g/mol. The first-order valence-electron chi connectivity index (χ1n) is 6.94. The van der Waals surface area contributed by atoms with Gasteiger partial charge in [-0.2, -0.15) is 0 Å². The quantitative estimate of drug-likeness (QED) is 0.733. The number of rotatable bonds is 3. The molecule has 1 nitrogen and oxygen atoms in total. The molecule has 0 bridgehead atoms. The van der Waals surface area contributed by atoms with Crippen LogP contribution in [0.4, 0.5) is 0 Å². The SMILES string of the molecule is CCC[C]1C(c2occ(C)c2C)=Cc2ccccc21. The van der Waals surface area contributed by atoms with E-state index in [1.54, 1.807) is 0 Å². The van der Waals surface area contributed by atoms with Crippen molar-refractivity contribution in [3.05, 3.63) is 64.5 Å². The predicted octanol–water partition coefficient (Wildman–Crippen LogP) is 5.17. The van der Waals surface area contributed by atoms with Crippen LogP contribution in [-0.4, -0.2) is 0 Å². The summed E-state index contributed by atoms with van der Waals surface area (Å²) in [6, 6.07) is 8.62. The second kappa shape index (κ2) is 4.73. The number of furan rings is 1. The van der Waals surface area contributed by atoms with Crippen molar-refractivity contribution in [3.63, 3.8) is 0 Å². The zero-order valence-corrected chi connectivity index (χ0v) is 11.8. The van der Waals surface area contributed by atoms with Gasteiger partial charge in [-0.25, -0.2) is 0 Å². The zero-order chi connectivity index (χ0) is 13.4. The minimum atomic E-state index is 1.04. The first kappa shape index (κ1) is 12.3. The molecule has 0 atom stereocenters. The third-order valence-electron chi connectivity index (χ3n) is 3.94. The van der Waals surface area contributed by atoms with Gasteiger partial charge in [0.2, 0.25) is 0 Å². The van der Waals surface area contributed by atoms with Crippen LogP contribution in [0.5, 0.6) is 0 Å². The second-order valence-corrected chi connectivity index (χ2v) is 5.25. The molecule has 0 amide bonds. The van der Waals surface area contributed by atoms with Crippen LogP contribution in [0.15, 0.2) is 34.9 Å². The van der Waals surface area contributed by atoms with E-state index in [1.165, 1.54) is 33.7 Å². The molecule has 2 aromatic rings. The highest BCUT2D eigenvalue weighted by Crippen LogP contribution is 2.44. The van der Waals surface area contributed by atoms with Gasteiger partial charge in [0.15, 0.2) is 0 Å². The van der Waals surface area contributed by atoms with E-state index in [1.807, 2.05) is 6.26 Å². The van der Waals surface area contributed by atoms with Crippen LogP contribution in [0.25, 0.3) is 11.6 Å². The van der Waals surface area contributed by atoms with E-state index in [2.05, 4.69) is 51.1 Å². The molecule has 0 unspecified atom stereocenters. The number of fused-ring (bicyclic) bond motifs is 1. The first-order chi connectivity index (χ1) is 9.22. The Morgan fingerprint density at radius 1 is 1.11 bits per heavy atom. The lowest BCUT2D eigenvalue weighted by atomic mass is 9.89. The Bertz CT molecular complexity index is 631. The number of benzene rings is 1. The Morgan fingerprint density at radius 2 is 1.89 bits per heavy atom. The lowest BCUT2D eigenvalue weighted by Gasteiger charge is -2.14. The van der Waals surface area contributed by atoms with Gasteiger partial charge in [0, 0.05) is 11.5 Å². The summed E-state index contributed by atoms with van der Waals surface area (Å²) in [5, 5.41) is 0. The predicted molar refractivity (Wildman–Crippen MR) is 79.7 cm³/mol. The normalized spacial score (nSPS) is 14.6. The molecule has 0 saturated carbocycles. The highest BCUT2D eigenvalue weighted by atomic mass is 16.3. The highest BCUT2D eigenvalue weighted by Gasteiger charge is 2.28. The maximum atomic E-state index is 5.80. The minimum absolute atomic E-state index is 1.04. The van der Waals surface area contributed by atoms with Gasteiger partial charge in [0.1, 0.15) is 5.76 Å². The Morgan fingerprint density at radius 3 is 2.58 bits per heavy atom. The molecule has 19 heavy (non-hydrogen) atoms. The van der Waals surface area contributed by atoms with Crippen LogP contribution >= 0.6 is 0 Å². The number of allylic oxidation sites excluding steroid dienone is 1. The maximum absolute atomic E-state index is 5.80. The molecule has 97 valence electrons. The van der Waals surface area contributed by atoms with Crippen LogP contribution in [0.2, 0.25) is 0 Å². The second-order valence-electron chi connectivity index (χ2n) is 5.25. The van der Waals surface area contributed by atoms with E-state index in [9.17, 15) is 0 Å². The van der Waals surface area contributed by atoms with Gasteiger partial charge in [-0.3, -0.25) is 0 Å². The molecule has 0 aliphatic heterocycles. The Labute approximate surface area is 115 Å². The van der Waals surface area contributed by atoms with Gasteiger partial charge in [0.25, 0.3) is 0 Å². The Kier molecular flexibility index (Phi) is 3.06. The van der Waals surface area contributed by atoms with Crippen LogP contribution in [0.1, 0.15) is 47.8 Å². The third kappa shape index (κ3) is 1.94. The van der Waals surface area contributed by atoms with Crippen LogP contribution in [0.3, 0.4) is 0 Å². The van der Waals surface area contributed by atoms with Gasteiger partial charge in [-0.05, 0) is 48.6 Å². The number of hydrogen-bond acceptors (Lipinski definition) is 1. The molecule has 1 aromatic heterocycles. The molecule has 1 aliphatic carbocycles. The Hall–Kier alpha value is -1.76. The number of hydrogen-bond donors (Lipinski definition) is 0. The summed E-state index contributed by atoms with van der Waals surface area (Å²) in [5.74, 6) is 2.47. The van der Waals surface area contributed by atoms with E-state index in [-0.39, 0.29) is 0 Å². The number of aryl methyl sites for hydroxylation is 1. The van der Waals surface area contributed by atoms with Crippen molar-refractivity contribution in [3.8, 4) is 0 Å². The lowest BCUT2D eigenvalue weighted by molar-refractivity contribution is 0.548. The summed E-state index contributed by atoms with van der Waals surface area (Å²) >= 11 is 0. The molecular formula is C18H19O.